The molecule has 0 saturated carbocycles. The number of sulfone groups is 1. The van der Waals surface area contributed by atoms with Crippen molar-refractivity contribution in [1.29, 1.82) is 0 Å². The fourth-order valence-corrected chi connectivity index (χ4v) is 3.97. The normalized spacial score (nSPS) is 23.2. The van der Waals surface area contributed by atoms with Crippen LogP contribution in [0.2, 0.25) is 0 Å². The van der Waals surface area contributed by atoms with Gasteiger partial charge in [0.05, 0.1) is 17.2 Å². The summed E-state index contributed by atoms with van der Waals surface area (Å²) in [6.45, 7) is 0. The van der Waals surface area contributed by atoms with Gasteiger partial charge in [0.2, 0.25) is 0 Å². The lowest BCUT2D eigenvalue weighted by Crippen LogP contribution is -2.07. The second-order valence-corrected chi connectivity index (χ2v) is 6.54. The number of nitrogens with two attached hydrogens (primary N) is 1. The van der Waals surface area contributed by atoms with Crippen LogP contribution in [0.15, 0.2) is 18.3 Å². The van der Waals surface area contributed by atoms with Gasteiger partial charge in [-0.3, -0.25) is 4.40 Å². The summed E-state index contributed by atoms with van der Waals surface area (Å²) in [6.07, 6.45) is 2.42. The molecule has 3 heterocycles. The quantitative estimate of drug-likeness (QED) is 0.783. The van der Waals surface area contributed by atoms with Crippen molar-refractivity contribution >= 4 is 21.2 Å². The minimum Gasteiger partial charge on any atom is -0.396 e. The lowest BCUT2D eigenvalue weighted by atomic mass is 10.1. The summed E-state index contributed by atoms with van der Waals surface area (Å²) < 4.78 is 24.7. The molecule has 0 aromatic carbocycles. The van der Waals surface area contributed by atoms with Crippen LogP contribution in [0.25, 0.3) is 5.65 Å². The second-order valence-electron chi connectivity index (χ2n) is 4.32. The number of nitrogens with zero attached hydrogens (tertiary/aromatic N) is 3. The van der Waals surface area contributed by atoms with Gasteiger partial charge < -0.3 is 5.73 Å². The van der Waals surface area contributed by atoms with Crippen LogP contribution in [0.5, 0.6) is 0 Å². The molecule has 2 N–H and O–H groups in total. The summed E-state index contributed by atoms with van der Waals surface area (Å²) in [7, 11) is -2.91. The maximum atomic E-state index is 11.5. The van der Waals surface area contributed by atoms with Crippen molar-refractivity contribution in [3.63, 3.8) is 0 Å². The summed E-state index contributed by atoms with van der Waals surface area (Å²) >= 11 is 0. The van der Waals surface area contributed by atoms with E-state index in [1.165, 1.54) is 0 Å². The van der Waals surface area contributed by atoms with Gasteiger partial charge in [-0.2, -0.15) is 0 Å². The van der Waals surface area contributed by atoms with Crippen molar-refractivity contribution in [3.05, 3.63) is 24.2 Å². The van der Waals surface area contributed by atoms with E-state index in [0.717, 1.165) is 0 Å². The minimum atomic E-state index is -2.91. The molecule has 0 amide bonds. The number of hydrogen-bond donors (Lipinski definition) is 1. The molecule has 1 saturated heterocycles. The first-order valence-electron chi connectivity index (χ1n) is 5.36. The van der Waals surface area contributed by atoms with Crippen LogP contribution in [0, 0.1) is 0 Å². The number of fused-ring (bicyclic) bond motifs is 1. The Labute approximate surface area is 98.4 Å². The van der Waals surface area contributed by atoms with Crippen molar-refractivity contribution in [2.24, 2.45) is 0 Å². The molecule has 90 valence electrons. The molecule has 17 heavy (non-hydrogen) atoms. The molecule has 2 aromatic heterocycles. The van der Waals surface area contributed by atoms with Gasteiger partial charge in [0.25, 0.3) is 0 Å². The van der Waals surface area contributed by atoms with Crippen LogP contribution in [-0.2, 0) is 9.84 Å². The maximum Gasteiger partial charge on any atom is 0.183 e. The summed E-state index contributed by atoms with van der Waals surface area (Å²) in [4.78, 5) is 0. The number of rotatable bonds is 1. The topological polar surface area (TPSA) is 90.3 Å². The van der Waals surface area contributed by atoms with Crippen molar-refractivity contribution in [3.8, 4) is 0 Å². The Bertz CT molecular complexity index is 677. The Kier molecular flexibility index (Phi) is 2.12. The van der Waals surface area contributed by atoms with Crippen LogP contribution in [0.1, 0.15) is 18.2 Å². The van der Waals surface area contributed by atoms with E-state index < -0.39 is 9.84 Å². The summed E-state index contributed by atoms with van der Waals surface area (Å²) in [5.41, 5.74) is 6.92. The van der Waals surface area contributed by atoms with Gasteiger partial charge in [-0.15, -0.1) is 10.2 Å². The van der Waals surface area contributed by atoms with Crippen LogP contribution in [0.4, 0.5) is 5.69 Å². The molecule has 6 nitrogen and oxygen atoms in total. The fourth-order valence-electron chi connectivity index (χ4n) is 2.23. The third-order valence-corrected chi connectivity index (χ3v) is 4.86. The first kappa shape index (κ1) is 10.5. The van der Waals surface area contributed by atoms with Crippen molar-refractivity contribution in [1.82, 2.24) is 14.6 Å². The number of nitrogen functional groups attached to an aromatic ring is 1. The number of anilines is 1. The number of aromatic nitrogens is 3. The highest BCUT2D eigenvalue weighted by Gasteiger charge is 2.32. The molecule has 1 atom stereocenters. The molecule has 0 aliphatic carbocycles. The number of pyridine rings is 1. The standard InChI is InChI=1S/C10H12N4O2S/c11-8-2-1-4-14-9(12-13-10(8)14)7-3-5-17(15,16)6-7/h1-2,4,7H,3,5-6,11H2. The second kappa shape index (κ2) is 3.43. The van der Waals surface area contributed by atoms with Crippen LogP contribution >= 0.6 is 0 Å². The van der Waals surface area contributed by atoms with Gasteiger partial charge in [-0.05, 0) is 18.6 Å². The van der Waals surface area contributed by atoms with Gasteiger partial charge in [0.1, 0.15) is 5.82 Å². The predicted octanol–water partition coefficient (Wildman–Crippen LogP) is 0.214. The molecule has 1 unspecified atom stereocenters. The first-order valence-corrected chi connectivity index (χ1v) is 7.18. The lowest BCUT2D eigenvalue weighted by Gasteiger charge is -2.05. The van der Waals surface area contributed by atoms with Crippen molar-refractivity contribution < 1.29 is 8.42 Å². The molecular formula is C10H12N4O2S. The fraction of sp³-hybridized carbons (Fsp3) is 0.400. The number of hydrogen-bond acceptors (Lipinski definition) is 5. The van der Waals surface area contributed by atoms with E-state index in [1.54, 1.807) is 16.5 Å². The minimum absolute atomic E-state index is 0.0724. The molecule has 0 spiro atoms. The first-order chi connectivity index (χ1) is 8.07. The van der Waals surface area contributed by atoms with Crippen LogP contribution in [-0.4, -0.2) is 34.5 Å². The van der Waals surface area contributed by atoms with E-state index in [9.17, 15) is 8.42 Å². The highest BCUT2D eigenvalue weighted by molar-refractivity contribution is 7.91. The van der Waals surface area contributed by atoms with Gasteiger partial charge in [-0.1, -0.05) is 0 Å². The van der Waals surface area contributed by atoms with E-state index in [2.05, 4.69) is 10.2 Å². The zero-order valence-electron chi connectivity index (χ0n) is 9.07. The van der Waals surface area contributed by atoms with Crippen LogP contribution in [0.3, 0.4) is 0 Å². The molecule has 1 aliphatic heterocycles. The lowest BCUT2D eigenvalue weighted by molar-refractivity contribution is 0.601. The average Bonchev–Trinajstić information content (AvgIpc) is 2.82. The molecule has 1 fully saturated rings. The zero-order valence-corrected chi connectivity index (χ0v) is 9.89. The highest BCUT2D eigenvalue weighted by atomic mass is 32.2. The molecule has 0 radical (unpaired) electrons. The van der Waals surface area contributed by atoms with E-state index in [-0.39, 0.29) is 17.4 Å². The van der Waals surface area contributed by atoms with Gasteiger partial charge in [0, 0.05) is 12.1 Å². The monoisotopic (exact) mass is 252 g/mol. The maximum absolute atomic E-state index is 11.5. The molecule has 7 heteroatoms. The van der Waals surface area contributed by atoms with E-state index >= 15 is 0 Å². The van der Waals surface area contributed by atoms with E-state index in [0.29, 0.717) is 23.6 Å². The third-order valence-electron chi connectivity index (χ3n) is 3.09. The van der Waals surface area contributed by atoms with Gasteiger partial charge >= 0.3 is 0 Å². The van der Waals surface area contributed by atoms with Gasteiger partial charge in [-0.25, -0.2) is 8.42 Å². The molecular weight excluding hydrogens is 240 g/mol. The smallest absolute Gasteiger partial charge is 0.183 e. The Morgan fingerprint density at radius 1 is 1.41 bits per heavy atom. The van der Waals surface area contributed by atoms with E-state index in [4.69, 9.17) is 5.73 Å². The van der Waals surface area contributed by atoms with Crippen LogP contribution < -0.4 is 5.73 Å². The summed E-state index contributed by atoms with van der Waals surface area (Å²) in [5, 5.41) is 8.08. The Morgan fingerprint density at radius 2 is 2.24 bits per heavy atom. The highest BCUT2D eigenvalue weighted by Crippen LogP contribution is 2.28. The Morgan fingerprint density at radius 3 is 2.94 bits per heavy atom. The third kappa shape index (κ3) is 1.66. The SMILES string of the molecule is Nc1cccn2c(C3CCS(=O)(=O)C3)nnc12. The summed E-state index contributed by atoms with van der Waals surface area (Å²) in [6, 6.07) is 3.55. The summed E-state index contributed by atoms with van der Waals surface area (Å²) in [5.74, 6) is 1.00. The van der Waals surface area contributed by atoms with E-state index in [1.807, 2.05) is 6.20 Å². The van der Waals surface area contributed by atoms with Crippen molar-refractivity contribution in [2.45, 2.75) is 12.3 Å². The molecule has 2 aromatic rings. The molecule has 1 aliphatic rings. The Balaban J connectivity index is 2.11. The molecule has 0 bridgehead atoms. The zero-order chi connectivity index (χ0) is 12.0. The predicted molar refractivity (Wildman–Crippen MR) is 63.4 cm³/mol. The van der Waals surface area contributed by atoms with Gasteiger partial charge in [0.15, 0.2) is 15.5 Å². The average molecular weight is 252 g/mol. The largest absolute Gasteiger partial charge is 0.396 e. The Hall–Kier alpha value is -1.63. The van der Waals surface area contributed by atoms with Crippen molar-refractivity contribution in [2.75, 3.05) is 17.2 Å². The molecule has 3 rings (SSSR count).